The second kappa shape index (κ2) is 7.24. The van der Waals surface area contributed by atoms with Gasteiger partial charge in [0.2, 0.25) is 11.8 Å². The van der Waals surface area contributed by atoms with E-state index in [2.05, 4.69) is 16.7 Å². The molecule has 0 spiro atoms. The van der Waals surface area contributed by atoms with Crippen LogP contribution in [0.25, 0.3) is 0 Å². The number of nitrogens with one attached hydrogen (secondary N) is 1. The van der Waals surface area contributed by atoms with Gasteiger partial charge in [0.25, 0.3) is 5.56 Å². The van der Waals surface area contributed by atoms with Crippen LogP contribution in [0.5, 0.6) is 5.88 Å². The van der Waals surface area contributed by atoms with Crippen LogP contribution in [0.1, 0.15) is 30.5 Å². The number of hydrazone groups is 1. The van der Waals surface area contributed by atoms with Gasteiger partial charge in [-0.15, -0.1) is 6.58 Å². The lowest BCUT2D eigenvalue weighted by Gasteiger charge is -2.20. The number of aromatic hydroxyl groups is 1. The molecule has 0 saturated carbocycles. The van der Waals surface area contributed by atoms with Crippen molar-refractivity contribution >= 4 is 23.2 Å². The number of aromatic nitrogens is 2. The SMILES string of the molecule is C=CCn1c(O)c(C2=NN(C(C)=O)[C@@H](c3ccc(Cl)cc3)C2)c(=O)[nH]c1=O. The molecule has 140 valence electrons. The van der Waals surface area contributed by atoms with Crippen LogP contribution in [-0.2, 0) is 11.3 Å². The lowest BCUT2D eigenvalue weighted by Crippen LogP contribution is -2.33. The number of hydrogen-bond donors (Lipinski definition) is 2. The Balaban J connectivity index is 2.09. The average molecular weight is 389 g/mol. The summed E-state index contributed by atoms with van der Waals surface area (Å²) in [5.74, 6) is -0.831. The molecule has 0 unspecified atom stereocenters. The molecule has 8 nitrogen and oxygen atoms in total. The minimum atomic E-state index is -0.767. The zero-order valence-corrected chi connectivity index (χ0v) is 15.2. The number of nitrogens with zero attached hydrogens (tertiary/aromatic N) is 3. The zero-order chi connectivity index (χ0) is 19.7. The van der Waals surface area contributed by atoms with Crippen molar-refractivity contribution < 1.29 is 9.90 Å². The summed E-state index contributed by atoms with van der Waals surface area (Å²) in [6.07, 6.45) is 1.61. The fourth-order valence-corrected chi connectivity index (χ4v) is 3.14. The standard InChI is InChI=1S/C18H17ClN4O4/c1-3-8-22-17(26)15(16(25)20-18(22)27)13-9-14(23(21-13)10(2)24)11-4-6-12(19)7-5-11/h3-7,14,26H,1,8-9H2,2H3,(H,20,25,27)/t14-/m1/s1. The number of carbonyl (C=O) groups excluding carboxylic acids is 1. The first-order valence-corrected chi connectivity index (χ1v) is 8.51. The second-order valence-electron chi connectivity index (χ2n) is 6.04. The number of H-pyrrole nitrogens is 1. The summed E-state index contributed by atoms with van der Waals surface area (Å²) in [6, 6.07) is 6.48. The van der Waals surface area contributed by atoms with Crippen molar-refractivity contribution in [3.63, 3.8) is 0 Å². The number of halogens is 1. The van der Waals surface area contributed by atoms with Crippen LogP contribution < -0.4 is 11.2 Å². The van der Waals surface area contributed by atoms with Gasteiger partial charge in [0.1, 0.15) is 5.56 Å². The normalized spacial score (nSPS) is 16.3. The van der Waals surface area contributed by atoms with Gasteiger partial charge in [-0.25, -0.2) is 9.80 Å². The van der Waals surface area contributed by atoms with Crippen molar-refractivity contribution in [1.29, 1.82) is 0 Å². The van der Waals surface area contributed by atoms with E-state index < -0.39 is 23.2 Å². The van der Waals surface area contributed by atoms with Crippen LogP contribution in [0.2, 0.25) is 5.02 Å². The summed E-state index contributed by atoms with van der Waals surface area (Å²) in [6.45, 7) is 4.90. The Bertz CT molecular complexity index is 1050. The monoisotopic (exact) mass is 388 g/mol. The molecule has 1 atom stereocenters. The van der Waals surface area contributed by atoms with E-state index in [1.807, 2.05) is 0 Å². The molecule has 2 N–H and O–H groups in total. The topological polar surface area (TPSA) is 108 Å². The summed E-state index contributed by atoms with van der Waals surface area (Å²) in [5.41, 5.74) is -0.668. The highest BCUT2D eigenvalue weighted by Gasteiger charge is 2.34. The van der Waals surface area contributed by atoms with Crippen LogP contribution in [0.4, 0.5) is 0 Å². The van der Waals surface area contributed by atoms with Gasteiger partial charge in [0.15, 0.2) is 0 Å². The van der Waals surface area contributed by atoms with E-state index in [1.54, 1.807) is 24.3 Å². The van der Waals surface area contributed by atoms with E-state index >= 15 is 0 Å². The summed E-state index contributed by atoms with van der Waals surface area (Å²) in [4.78, 5) is 38.4. The third-order valence-electron chi connectivity index (χ3n) is 4.26. The van der Waals surface area contributed by atoms with Crippen LogP contribution in [-0.4, -0.2) is 31.3 Å². The second-order valence-corrected chi connectivity index (χ2v) is 6.48. The first-order chi connectivity index (χ1) is 12.8. The smallest absolute Gasteiger partial charge is 0.331 e. The van der Waals surface area contributed by atoms with E-state index in [0.29, 0.717) is 5.02 Å². The summed E-state index contributed by atoms with van der Waals surface area (Å²) in [7, 11) is 0. The van der Waals surface area contributed by atoms with Crippen LogP contribution in [0.15, 0.2) is 51.6 Å². The Labute approximate surface area is 159 Å². The molecule has 0 aliphatic carbocycles. The third kappa shape index (κ3) is 3.43. The van der Waals surface area contributed by atoms with Gasteiger partial charge in [-0.3, -0.25) is 19.1 Å². The Morgan fingerprint density at radius 3 is 2.67 bits per heavy atom. The summed E-state index contributed by atoms with van der Waals surface area (Å²) >= 11 is 5.92. The van der Waals surface area contributed by atoms with Gasteiger partial charge < -0.3 is 5.11 Å². The average Bonchev–Trinajstić information content (AvgIpc) is 3.04. The number of aromatic amines is 1. The minimum absolute atomic E-state index is 0.0127. The van der Waals surface area contributed by atoms with Gasteiger partial charge >= 0.3 is 5.69 Å². The van der Waals surface area contributed by atoms with E-state index in [0.717, 1.165) is 10.1 Å². The van der Waals surface area contributed by atoms with Crippen LogP contribution in [0, 0.1) is 0 Å². The molecule has 2 aromatic rings. The highest BCUT2D eigenvalue weighted by Crippen LogP contribution is 2.33. The highest BCUT2D eigenvalue weighted by atomic mass is 35.5. The fourth-order valence-electron chi connectivity index (χ4n) is 3.01. The fraction of sp³-hybridized carbons (Fsp3) is 0.222. The number of hydrogen-bond acceptors (Lipinski definition) is 5. The lowest BCUT2D eigenvalue weighted by molar-refractivity contribution is -0.130. The number of amides is 1. The molecule has 1 aromatic carbocycles. The Hall–Kier alpha value is -3.13. The number of allylic oxidation sites excluding steroid dienone is 1. The molecule has 3 rings (SSSR count). The van der Waals surface area contributed by atoms with Gasteiger partial charge in [0, 0.05) is 24.9 Å². The molecule has 27 heavy (non-hydrogen) atoms. The maximum Gasteiger partial charge on any atom is 0.331 e. The van der Waals surface area contributed by atoms with E-state index in [-0.39, 0.29) is 30.1 Å². The maximum absolute atomic E-state index is 12.3. The molecule has 0 saturated heterocycles. The first kappa shape index (κ1) is 18.7. The number of benzene rings is 1. The molecule has 0 bridgehead atoms. The van der Waals surface area contributed by atoms with Crippen molar-refractivity contribution in [2.75, 3.05) is 0 Å². The number of carbonyl (C=O) groups is 1. The van der Waals surface area contributed by atoms with E-state index in [4.69, 9.17) is 11.6 Å². The Kier molecular flexibility index (Phi) is 5.00. The molecule has 0 fully saturated rings. The summed E-state index contributed by atoms with van der Waals surface area (Å²) < 4.78 is 0.972. The predicted molar refractivity (Wildman–Crippen MR) is 101 cm³/mol. The Morgan fingerprint density at radius 2 is 2.07 bits per heavy atom. The lowest BCUT2D eigenvalue weighted by atomic mass is 9.99. The van der Waals surface area contributed by atoms with Gasteiger partial charge in [-0.1, -0.05) is 29.8 Å². The van der Waals surface area contributed by atoms with Crippen LogP contribution >= 0.6 is 11.6 Å². The highest BCUT2D eigenvalue weighted by molar-refractivity contribution is 6.30. The quantitative estimate of drug-likeness (QED) is 0.778. The largest absolute Gasteiger partial charge is 0.494 e. The van der Waals surface area contributed by atoms with Crippen LogP contribution in [0.3, 0.4) is 0 Å². The van der Waals surface area contributed by atoms with Gasteiger partial charge in [0.05, 0.1) is 11.8 Å². The third-order valence-corrected chi connectivity index (χ3v) is 4.51. The predicted octanol–water partition coefficient (Wildman–Crippen LogP) is 1.78. The van der Waals surface area contributed by atoms with E-state index in [9.17, 15) is 19.5 Å². The number of rotatable bonds is 4. The van der Waals surface area contributed by atoms with Crippen molar-refractivity contribution in [3.8, 4) is 5.88 Å². The molecule has 2 heterocycles. The zero-order valence-electron chi connectivity index (χ0n) is 14.5. The molecule has 1 amide bonds. The molecule has 1 aromatic heterocycles. The first-order valence-electron chi connectivity index (χ1n) is 8.13. The molecule has 1 aliphatic rings. The van der Waals surface area contributed by atoms with E-state index in [1.165, 1.54) is 18.0 Å². The maximum atomic E-state index is 12.3. The molecule has 0 radical (unpaired) electrons. The molecular formula is C18H17ClN4O4. The molecule has 9 heteroatoms. The Morgan fingerprint density at radius 1 is 1.41 bits per heavy atom. The van der Waals surface area contributed by atoms with Gasteiger partial charge in [-0.05, 0) is 17.7 Å². The van der Waals surface area contributed by atoms with Crippen molar-refractivity contribution in [1.82, 2.24) is 14.6 Å². The molecular weight excluding hydrogens is 372 g/mol. The van der Waals surface area contributed by atoms with Crippen molar-refractivity contribution in [2.45, 2.75) is 25.9 Å². The van der Waals surface area contributed by atoms with Crippen molar-refractivity contribution in [3.05, 3.63) is 73.9 Å². The summed E-state index contributed by atoms with van der Waals surface area (Å²) in [5, 5.41) is 16.5. The minimum Gasteiger partial charge on any atom is -0.494 e. The van der Waals surface area contributed by atoms with Gasteiger partial charge in [-0.2, -0.15) is 5.10 Å². The molecule has 1 aliphatic heterocycles. The van der Waals surface area contributed by atoms with Crippen molar-refractivity contribution in [2.24, 2.45) is 5.10 Å².